The minimum atomic E-state index is -4.23. The van der Waals surface area contributed by atoms with Crippen molar-refractivity contribution in [2.45, 2.75) is 32.5 Å². The van der Waals surface area contributed by atoms with Crippen molar-refractivity contribution in [3.05, 3.63) is 59.9 Å². The Hall–Kier alpha value is -3.89. The average molecular weight is 472 g/mol. The lowest BCUT2D eigenvalue weighted by atomic mass is 10.00. The van der Waals surface area contributed by atoms with Crippen LogP contribution in [0.15, 0.2) is 48.8 Å². The van der Waals surface area contributed by atoms with Gasteiger partial charge in [0.25, 0.3) is 0 Å². The molecule has 2 heterocycles. The number of rotatable bonds is 7. The number of hydrogen-bond donors (Lipinski definition) is 2. The molecule has 0 atom stereocenters. The maximum absolute atomic E-state index is 12.3. The second kappa shape index (κ2) is 9.94. The van der Waals surface area contributed by atoms with Gasteiger partial charge in [-0.2, -0.15) is 18.2 Å². The Kier molecular flexibility index (Phi) is 6.80. The van der Waals surface area contributed by atoms with Crippen LogP contribution in [-0.4, -0.2) is 40.2 Å². The molecule has 34 heavy (non-hydrogen) atoms. The molecular weight excluding hydrogens is 449 g/mol. The van der Waals surface area contributed by atoms with Crippen molar-refractivity contribution in [1.29, 1.82) is 0 Å². The van der Waals surface area contributed by atoms with Gasteiger partial charge in [-0.3, -0.25) is 4.79 Å². The summed E-state index contributed by atoms with van der Waals surface area (Å²) in [5, 5.41) is 5.84. The normalized spacial score (nSPS) is 13.2. The summed E-state index contributed by atoms with van der Waals surface area (Å²) in [7, 11) is 0. The number of aromatic nitrogens is 3. The van der Waals surface area contributed by atoms with E-state index in [-0.39, 0.29) is 5.91 Å². The first-order valence-electron chi connectivity index (χ1n) is 10.7. The monoisotopic (exact) mass is 472 g/mol. The SMILES string of the molecule is CC(=O)Nc1cccc(Nc2ncnc(N3CCc4cc(OCCC(F)(F)F)ccc4C3)n2)c1. The molecule has 8 nitrogen and oxygen atoms in total. The number of carbonyl (C=O) groups is 1. The van der Waals surface area contributed by atoms with Crippen molar-refractivity contribution < 1.29 is 22.7 Å². The summed E-state index contributed by atoms with van der Waals surface area (Å²) >= 11 is 0. The van der Waals surface area contributed by atoms with Gasteiger partial charge < -0.3 is 20.3 Å². The van der Waals surface area contributed by atoms with Crippen LogP contribution in [0.2, 0.25) is 0 Å². The molecule has 0 fully saturated rings. The fraction of sp³-hybridized carbons (Fsp3) is 0.304. The number of benzene rings is 2. The highest BCUT2D eigenvalue weighted by atomic mass is 19.4. The summed E-state index contributed by atoms with van der Waals surface area (Å²) in [6, 6.07) is 12.5. The molecule has 0 aliphatic carbocycles. The van der Waals surface area contributed by atoms with E-state index in [0.717, 1.165) is 11.1 Å². The van der Waals surface area contributed by atoms with E-state index in [4.69, 9.17) is 4.74 Å². The quantitative estimate of drug-likeness (QED) is 0.524. The first-order chi connectivity index (χ1) is 16.2. The Balaban J connectivity index is 1.41. The van der Waals surface area contributed by atoms with Crippen molar-refractivity contribution in [3.63, 3.8) is 0 Å². The number of alkyl halides is 3. The van der Waals surface area contributed by atoms with E-state index in [1.54, 1.807) is 30.3 Å². The molecule has 178 valence electrons. The molecule has 1 aromatic heterocycles. The molecular formula is C23H23F3N6O2. The highest BCUT2D eigenvalue weighted by molar-refractivity contribution is 5.89. The highest BCUT2D eigenvalue weighted by Gasteiger charge is 2.27. The van der Waals surface area contributed by atoms with E-state index in [1.807, 2.05) is 17.0 Å². The Morgan fingerprint density at radius 1 is 1.12 bits per heavy atom. The average Bonchev–Trinajstić information content (AvgIpc) is 2.78. The first-order valence-corrected chi connectivity index (χ1v) is 10.7. The van der Waals surface area contributed by atoms with Gasteiger partial charge in [-0.25, -0.2) is 9.97 Å². The molecule has 0 spiro atoms. The predicted molar refractivity (Wildman–Crippen MR) is 121 cm³/mol. The van der Waals surface area contributed by atoms with Gasteiger partial charge in [0.05, 0.1) is 13.0 Å². The van der Waals surface area contributed by atoms with Gasteiger partial charge in [0.1, 0.15) is 12.1 Å². The van der Waals surface area contributed by atoms with Crippen molar-refractivity contribution in [1.82, 2.24) is 15.0 Å². The number of hydrogen-bond acceptors (Lipinski definition) is 7. The number of anilines is 4. The van der Waals surface area contributed by atoms with Crippen LogP contribution >= 0.6 is 0 Å². The summed E-state index contributed by atoms with van der Waals surface area (Å²) in [5.41, 5.74) is 3.43. The molecule has 0 radical (unpaired) electrons. The Bertz CT molecular complexity index is 1170. The smallest absolute Gasteiger partial charge is 0.392 e. The van der Waals surface area contributed by atoms with Crippen LogP contribution in [0.5, 0.6) is 5.75 Å². The maximum Gasteiger partial charge on any atom is 0.392 e. The Morgan fingerprint density at radius 3 is 2.74 bits per heavy atom. The lowest BCUT2D eigenvalue weighted by Gasteiger charge is -2.29. The predicted octanol–water partition coefficient (Wildman–Crippen LogP) is 4.47. The van der Waals surface area contributed by atoms with E-state index in [1.165, 1.54) is 13.3 Å². The van der Waals surface area contributed by atoms with Crippen molar-refractivity contribution >= 4 is 29.2 Å². The van der Waals surface area contributed by atoms with Gasteiger partial charge in [-0.05, 0) is 47.9 Å². The molecule has 0 unspecified atom stereocenters. The van der Waals surface area contributed by atoms with Crippen molar-refractivity contribution in [2.24, 2.45) is 0 Å². The lowest BCUT2D eigenvalue weighted by Crippen LogP contribution is -2.32. The number of fused-ring (bicyclic) bond motifs is 1. The molecule has 1 amide bonds. The third-order valence-corrected chi connectivity index (χ3v) is 5.13. The molecule has 2 N–H and O–H groups in total. The second-order valence-corrected chi connectivity index (χ2v) is 7.81. The first kappa shape index (κ1) is 23.3. The number of halogens is 3. The van der Waals surface area contributed by atoms with Crippen LogP contribution in [0.25, 0.3) is 0 Å². The van der Waals surface area contributed by atoms with Gasteiger partial charge >= 0.3 is 6.18 Å². The molecule has 0 saturated heterocycles. The zero-order chi connectivity index (χ0) is 24.1. The molecule has 2 aromatic carbocycles. The minimum Gasteiger partial charge on any atom is -0.493 e. The van der Waals surface area contributed by atoms with Crippen LogP contribution in [0.3, 0.4) is 0 Å². The lowest BCUT2D eigenvalue weighted by molar-refractivity contribution is -0.139. The van der Waals surface area contributed by atoms with Crippen LogP contribution < -0.4 is 20.3 Å². The zero-order valence-electron chi connectivity index (χ0n) is 18.4. The summed E-state index contributed by atoms with van der Waals surface area (Å²) < 4.78 is 42.2. The number of ether oxygens (including phenoxy) is 1. The van der Waals surface area contributed by atoms with Gasteiger partial charge in [0, 0.05) is 31.4 Å². The van der Waals surface area contributed by atoms with Gasteiger partial charge in [-0.1, -0.05) is 12.1 Å². The summed E-state index contributed by atoms with van der Waals surface area (Å²) in [5.74, 6) is 1.14. The van der Waals surface area contributed by atoms with E-state index in [9.17, 15) is 18.0 Å². The summed E-state index contributed by atoms with van der Waals surface area (Å²) in [4.78, 5) is 26.3. The van der Waals surface area contributed by atoms with Crippen LogP contribution in [0, 0.1) is 0 Å². The minimum absolute atomic E-state index is 0.162. The maximum atomic E-state index is 12.3. The fourth-order valence-electron chi connectivity index (χ4n) is 3.58. The second-order valence-electron chi connectivity index (χ2n) is 7.81. The Labute approximate surface area is 194 Å². The highest BCUT2D eigenvalue weighted by Crippen LogP contribution is 2.27. The molecule has 1 aliphatic heterocycles. The van der Waals surface area contributed by atoms with Gasteiger partial charge in [-0.15, -0.1) is 0 Å². The molecule has 4 rings (SSSR count). The van der Waals surface area contributed by atoms with Gasteiger partial charge in [0.2, 0.25) is 17.8 Å². The molecule has 11 heteroatoms. The number of carbonyl (C=O) groups excluding carboxylic acids is 1. The summed E-state index contributed by atoms with van der Waals surface area (Å²) in [6.07, 6.45) is -3.11. The number of nitrogens with zero attached hydrogens (tertiary/aromatic N) is 4. The molecule has 3 aromatic rings. The molecule has 1 aliphatic rings. The van der Waals surface area contributed by atoms with E-state index >= 15 is 0 Å². The fourth-order valence-corrected chi connectivity index (χ4v) is 3.58. The zero-order valence-corrected chi connectivity index (χ0v) is 18.4. The largest absolute Gasteiger partial charge is 0.493 e. The third-order valence-electron chi connectivity index (χ3n) is 5.13. The van der Waals surface area contributed by atoms with Crippen LogP contribution in [0.4, 0.5) is 36.4 Å². The third kappa shape index (κ3) is 6.33. The van der Waals surface area contributed by atoms with Crippen molar-refractivity contribution in [2.75, 3.05) is 28.7 Å². The Morgan fingerprint density at radius 2 is 1.94 bits per heavy atom. The van der Waals surface area contributed by atoms with E-state index in [0.29, 0.717) is 48.5 Å². The topological polar surface area (TPSA) is 92.3 Å². The van der Waals surface area contributed by atoms with Crippen molar-refractivity contribution in [3.8, 4) is 5.75 Å². The standard InChI is InChI=1S/C23H23F3N6O2/c1-15(33)29-18-3-2-4-19(12-18)30-21-27-14-28-22(31-21)32-9-7-16-11-20(6-5-17(16)13-32)34-10-8-23(24,25)26/h2-6,11-12,14H,7-10,13H2,1H3,(H,29,33)(H,27,28,30,31). The van der Waals surface area contributed by atoms with E-state index < -0.39 is 19.2 Å². The van der Waals surface area contributed by atoms with Crippen LogP contribution in [-0.2, 0) is 17.8 Å². The number of amides is 1. The molecule has 0 saturated carbocycles. The van der Waals surface area contributed by atoms with Gasteiger partial charge in [0.15, 0.2) is 0 Å². The van der Waals surface area contributed by atoms with Crippen LogP contribution in [0.1, 0.15) is 24.5 Å². The number of nitrogens with one attached hydrogen (secondary N) is 2. The summed E-state index contributed by atoms with van der Waals surface area (Å²) in [6.45, 7) is 2.24. The molecule has 0 bridgehead atoms. The van der Waals surface area contributed by atoms with E-state index in [2.05, 4.69) is 25.6 Å².